The number of hydrazine groups is 1. The lowest BCUT2D eigenvalue weighted by molar-refractivity contribution is 0.318. The molecule has 0 bridgehead atoms. The molecule has 7 heteroatoms. The van der Waals surface area contributed by atoms with Gasteiger partial charge in [-0.05, 0) is 44.5 Å². The molecule has 0 aromatic carbocycles. The Morgan fingerprint density at radius 3 is 3.04 bits per heavy atom. The minimum absolute atomic E-state index is 0.252. The summed E-state index contributed by atoms with van der Waals surface area (Å²) in [5.41, 5.74) is 8.62. The van der Waals surface area contributed by atoms with Crippen molar-refractivity contribution in [2.45, 2.75) is 32.7 Å². The SMILES string of the molecule is CC1=CN=C(C)C2=CC(CCc3nc4c5cccnc5ccn4n3)NN12. The second-order valence-corrected chi connectivity index (χ2v) is 6.69. The number of aliphatic imine (C=N–C) groups is 1. The zero-order valence-corrected chi connectivity index (χ0v) is 14.7. The van der Waals surface area contributed by atoms with Crippen molar-refractivity contribution < 1.29 is 0 Å². The van der Waals surface area contributed by atoms with Crippen LogP contribution in [0.1, 0.15) is 26.1 Å². The van der Waals surface area contributed by atoms with E-state index >= 15 is 0 Å². The molecule has 0 saturated heterocycles. The summed E-state index contributed by atoms with van der Waals surface area (Å²) in [6.07, 6.45) is 9.58. The van der Waals surface area contributed by atoms with Crippen LogP contribution in [0.4, 0.5) is 0 Å². The highest BCUT2D eigenvalue weighted by Crippen LogP contribution is 2.24. The average Bonchev–Trinajstić information content (AvgIpc) is 3.28. The van der Waals surface area contributed by atoms with Gasteiger partial charge >= 0.3 is 0 Å². The number of allylic oxidation sites excluding steroid dienone is 2. The molecule has 1 unspecified atom stereocenters. The fraction of sp³-hybridized carbons (Fsp3) is 0.263. The number of aryl methyl sites for hydroxylation is 1. The van der Waals surface area contributed by atoms with Crippen molar-refractivity contribution in [2.75, 3.05) is 0 Å². The van der Waals surface area contributed by atoms with Gasteiger partial charge in [0.05, 0.1) is 22.6 Å². The van der Waals surface area contributed by atoms with Crippen LogP contribution in [0.2, 0.25) is 0 Å². The van der Waals surface area contributed by atoms with E-state index in [1.165, 1.54) is 0 Å². The van der Waals surface area contributed by atoms with Gasteiger partial charge in [-0.3, -0.25) is 15.0 Å². The average molecular weight is 345 g/mol. The quantitative estimate of drug-likeness (QED) is 0.790. The number of fused-ring (bicyclic) bond motifs is 4. The molecule has 0 radical (unpaired) electrons. The molecule has 26 heavy (non-hydrogen) atoms. The van der Waals surface area contributed by atoms with Crippen LogP contribution in [0.15, 0.2) is 59.3 Å². The normalized spacial score (nSPS) is 19.5. The standard InChI is InChI=1S/C19H19N7/c1-12-11-21-13(2)17-10-14(23-26(12)17)5-6-18-22-19-15-4-3-8-20-16(15)7-9-25(19)24-18/h3-4,7-11,14,23H,5-6H2,1-2H3. The van der Waals surface area contributed by atoms with E-state index in [0.717, 1.165) is 52.3 Å². The Kier molecular flexibility index (Phi) is 3.36. The lowest BCUT2D eigenvalue weighted by Crippen LogP contribution is -2.38. The zero-order valence-electron chi connectivity index (χ0n) is 14.7. The van der Waals surface area contributed by atoms with Gasteiger partial charge in [-0.15, -0.1) is 0 Å². The van der Waals surface area contributed by atoms with Gasteiger partial charge in [0.1, 0.15) is 0 Å². The van der Waals surface area contributed by atoms with Crippen LogP contribution < -0.4 is 5.43 Å². The topological polar surface area (TPSA) is 70.7 Å². The maximum absolute atomic E-state index is 4.74. The van der Waals surface area contributed by atoms with Crippen LogP contribution in [-0.2, 0) is 6.42 Å². The summed E-state index contributed by atoms with van der Waals surface area (Å²) in [4.78, 5) is 13.6. The Morgan fingerprint density at radius 2 is 2.15 bits per heavy atom. The van der Waals surface area contributed by atoms with Crippen LogP contribution in [0.5, 0.6) is 0 Å². The first-order chi connectivity index (χ1) is 12.7. The molecule has 1 N–H and O–H groups in total. The number of hydrogen-bond donors (Lipinski definition) is 1. The number of rotatable bonds is 3. The summed E-state index contributed by atoms with van der Waals surface area (Å²) in [7, 11) is 0. The van der Waals surface area contributed by atoms with Crippen molar-refractivity contribution in [1.29, 1.82) is 0 Å². The van der Waals surface area contributed by atoms with E-state index in [4.69, 9.17) is 4.98 Å². The van der Waals surface area contributed by atoms with E-state index in [0.29, 0.717) is 0 Å². The Morgan fingerprint density at radius 1 is 1.23 bits per heavy atom. The monoisotopic (exact) mass is 345 g/mol. The van der Waals surface area contributed by atoms with Gasteiger partial charge in [-0.1, -0.05) is 0 Å². The molecule has 3 aromatic rings. The third-order valence-corrected chi connectivity index (χ3v) is 4.87. The number of nitrogens with zero attached hydrogens (tertiary/aromatic N) is 6. The molecule has 0 fully saturated rings. The van der Waals surface area contributed by atoms with Gasteiger partial charge in [0.2, 0.25) is 0 Å². The molecule has 5 rings (SSSR count). The van der Waals surface area contributed by atoms with Crippen molar-refractivity contribution in [3.8, 4) is 0 Å². The number of hydrogen-bond acceptors (Lipinski definition) is 6. The van der Waals surface area contributed by atoms with E-state index in [2.05, 4.69) is 38.5 Å². The van der Waals surface area contributed by atoms with Crippen LogP contribution in [0, 0.1) is 0 Å². The Bertz CT molecular complexity index is 1110. The fourth-order valence-electron chi connectivity index (χ4n) is 3.50. The van der Waals surface area contributed by atoms with Gasteiger partial charge in [0.15, 0.2) is 11.5 Å². The molecule has 0 spiro atoms. The molecule has 7 nitrogen and oxygen atoms in total. The summed E-state index contributed by atoms with van der Waals surface area (Å²) >= 11 is 0. The van der Waals surface area contributed by atoms with E-state index in [9.17, 15) is 0 Å². The molecule has 2 aliphatic heterocycles. The van der Waals surface area contributed by atoms with Gasteiger partial charge in [-0.25, -0.2) is 14.9 Å². The van der Waals surface area contributed by atoms with Crippen LogP contribution in [0.3, 0.4) is 0 Å². The largest absolute Gasteiger partial charge is 0.278 e. The summed E-state index contributed by atoms with van der Waals surface area (Å²) in [5.74, 6) is 0.851. The maximum atomic E-state index is 4.74. The van der Waals surface area contributed by atoms with E-state index in [1.54, 1.807) is 6.20 Å². The highest BCUT2D eigenvalue weighted by atomic mass is 15.5. The van der Waals surface area contributed by atoms with E-state index in [-0.39, 0.29) is 6.04 Å². The Hall–Kier alpha value is -3.06. The van der Waals surface area contributed by atoms with Crippen LogP contribution in [0.25, 0.3) is 16.6 Å². The van der Waals surface area contributed by atoms with E-state index < -0.39 is 0 Å². The van der Waals surface area contributed by atoms with Crippen molar-refractivity contribution in [2.24, 2.45) is 4.99 Å². The van der Waals surface area contributed by atoms with Crippen molar-refractivity contribution >= 4 is 22.3 Å². The molecule has 0 amide bonds. The fourth-order valence-corrected chi connectivity index (χ4v) is 3.50. The minimum atomic E-state index is 0.252. The van der Waals surface area contributed by atoms with Crippen molar-refractivity contribution in [3.63, 3.8) is 0 Å². The molecule has 3 aromatic heterocycles. The van der Waals surface area contributed by atoms with E-state index in [1.807, 2.05) is 42.0 Å². The Labute approximate surface area is 150 Å². The summed E-state index contributed by atoms with van der Waals surface area (Å²) in [5, 5.41) is 7.77. The lowest BCUT2D eigenvalue weighted by Gasteiger charge is -2.26. The molecule has 1 atom stereocenters. The number of nitrogens with one attached hydrogen (secondary N) is 1. The van der Waals surface area contributed by atoms with Crippen molar-refractivity contribution in [3.05, 3.63) is 60.1 Å². The summed E-state index contributed by atoms with van der Waals surface area (Å²) in [6, 6.07) is 6.19. The smallest absolute Gasteiger partial charge is 0.164 e. The zero-order chi connectivity index (χ0) is 17.7. The van der Waals surface area contributed by atoms with Gasteiger partial charge < -0.3 is 0 Å². The molecule has 0 saturated carbocycles. The third kappa shape index (κ3) is 2.40. The predicted molar refractivity (Wildman–Crippen MR) is 100 cm³/mol. The third-order valence-electron chi connectivity index (χ3n) is 4.87. The second-order valence-electron chi connectivity index (χ2n) is 6.69. The van der Waals surface area contributed by atoms with Gasteiger partial charge in [0, 0.05) is 36.4 Å². The molecule has 2 aliphatic rings. The summed E-state index contributed by atoms with van der Waals surface area (Å²) < 4.78 is 1.84. The van der Waals surface area contributed by atoms with Crippen LogP contribution in [-0.4, -0.2) is 36.3 Å². The highest BCUT2D eigenvalue weighted by Gasteiger charge is 2.27. The predicted octanol–water partition coefficient (Wildman–Crippen LogP) is 2.62. The first-order valence-corrected chi connectivity index (χ1v) is 8.78. The molecular formula is C19H19N7. The maximum Gasteiger partial charge on any atom is 0.164 e. The van der Waals surface area contributed by atoms with Crippen molar-refractivity contribution in [1.82, 2.24) is 30.0 Å². The highest BCUT2D eigenvalue weighted by molar-refractivity contribution is 5.99. The molecule has 0 aliphatic carbocycles. The number of pyridine rings is 2. The molecule has 5 heterocycles. The van der Waals surface area contributed by atoms with Gasteiger partial charge in [-0.2, -0.15) is 5.10 Å². The Balaban J connectivity index is 1.37. The minimum Gasteiger partial charge on any atom is -0.278 e. The molecule has 130 valence electrons. The lowest BCUT2D eigenvalue weighted by atomic mass is 10.1. The number of aromatic nitrogens is 4. The second kappa shape index (κ2) is 5.74. The first-order valence-electron chi connectivity index (χ1n) is 8.78. The van der Waals surface area contributed by atoms with Crippen LogP contribution >= 0.6 is 0 Å². The summed E-state index contributed by atoms with van der Waals surface area (Å²) in [6.45, 7) is 4.09. The first kappa shape index (κ1) is 15.2. The molecular weight excluding hydrogens is 326 g/mol. The van der Waals surface area contributed by atoms with Gasteiger partial charge in [0.25, 0.3) is 0 Å².